The highest BCUT2D eigenvalue weighted by atomic mass is 127. The molecule has 0 unspecified atom stereocenters. The molecule has 2 atom stereocenters. The van der Waals surface area contributed by atoms with Gasteiger partial charge in [0.1, 0.15) is 11.9 Å². The standard InChI is InChI=1S/C26H29IN4O3/c1-16(2)23(30-26(33)34-3)25(32)31-13-7-10-22(31)24-28-15-21(29-24)18-11-12-20(27)19(14-18)17-8-5-4-6-9-17/h4-6,8-9,11-12,14-16,22-23H,7,10,13H2,1-3H3,(H,28,29)(H,30,33)/t22-,23-/m0/s1. The van der Waals surface area contributed by atoms with E-state index in [1.165, 1.54) is 21.8 Å². The molecule has 0 radical (unpaired) electrons. The molecule has 1 aliphatic rings. The van der Waals surface area contributed by atoms with E-state index in [1.807, 2.05) is 43.1 Å². The Morgan fingerprint density at radius 1 is 1.18 bits per heavy atom. The van der Waals surface area contributed by atoms with Gasteiger partial charge in [-0.05, 0) is 64.6 Å². The van der Waals surface area contributed by atoms with Crippen LogP contribution in [0.1, 0.15) is 38.6 Å². The van der Waals surface area contributed by atoms with Crippen LogP contribution in [0, 0.1) is 9.49 Å². The number of halogens is 1. The first-order valence-corrected chi connectivity index (χ1v) is 12.5. The lowest BCUT2D eigenvalue weighted by Gasteiger charge is -2.30. The number of aromatic amines is 1. The first kappa shape index (κ1) is 24.3. The Labute approximate surface area is 213 Å². The first-order valence-electron chi connectivity index (χ1n) is 11.4. The van der Waals surface area contributed by atoms with Crippen LogP contribution < -0.4 is 5.32 Å². The maximum Gasteiger partial charge on any atom is 0.407 e. The minimum absolute atomic E-state index is 0.0665. The molecule has 0 bridgehead atoms. The van der Waals surface area contributed by atoms with Gasteiger partial charge in [-0.1, -0.05) is 50.2 Å². The summed E-state index contributed by atoms with van der Waals surface area (Å²) in [6.07, 6.45) is 2.94. The summed E-state index contributed by atoms with van der Waals surface area (Å²) in [4.78, 5) is 35.1. The molecule has 2 amide bonds. The van der Waals surface area contributed by atoms with Crippen molar-refractivity contribution in [2.24, 2.45) is 5.92 Å². The normalized spacial score (nSPS) is 16.5. The van der Waals surface area contributed by atoms with E-state index in [-0.39, 0.29) is 17.9 Å². The summed E-state index contributed by atoms with van der Waals surface area (Å²) < 4.78 is 5.90. The van der Waals surface area contributed by atoms with Crippen molar-refractivity contribution in [2.45, 2.75) is 38.8 Å². The van der Waals surface area contributed by atoms with E-state index in [4.69, 9.17) is 4.74 Å². The Hall–Kier alpha value is -2.88. The number of amides is 2. The number of hydrogen-bond donors (Lipinski definition) is 2. The highest BCUT2D eigenvalue weighted by molar-refractivity contribution is 14.1. The molecule has 1 fully saturated rings. The highest BCUT2D eigenvalue weighted by Crippen LogP contribution is 2.34. The molecule has 0 aliphatic carbocycles. The van der Waals surface area contributed by atoms with Gasteiger partial charge in [-0.25, -0.2) is 9.78 Å². The minimum Gasteiger partial charge on any atom is -0.453 e. The molecule has 4 rings (SSSR count). The summed E-state index contributed by atoms with van der Waals surface area (Å²) in [6, 6.07) is 15.9. The fraction of sp³-hybridized carbons (Fsp3) is 0.346. The van der Waals surface area contributed by atoms with E-state index in [9.17, 15) is 9.59 Å². The molecule has 3 aromatic rings. The maximum atomic E-state index is 13.4. The van der Waals surface area contributed by atoms with Crippen molar-refractivity contribution < 1.29 is 14.3 Å². The van der Waals surface area contributed by atoms with Crippen molar-refractivity contribution in [3.63, 3.8) is 0 Å². The summed E-state index contributed by atoms with van der Waals surface area (Å²) in [5, 5.41) is 2.69. The summed E-state index contributed by atoms with van der Waals surface area (Å²) in [5.74, 6) is 0.589. The van der Waals surface area contributed by atoms with E-state index in [0.29, 0.717) is 6.54 Å². The second-order valence-electron chi connectivity index (χ2n) is 8.79. The third kappa shape index (κ3) is 5.11. The van der Waals surface area contributed by atoms with E-state index < -0.39 is 12.1 Å². The Balaban J connectivity index is 1.58. The highest BCUT2D eigenvalue weighted by Gasteiger charge is 2.37. The Bertz CT molecular complexity index is 1160. The van der Waals surface area contributed by atoms with Gasteiger partial charge in [-0.3, -0.25) is 4.79 Å². The van der Waals surface area contributed by atoms with Crippen molar-refractivity contribution in [1.29, 1.82) is 0 Å². The number of ether oxygens (including phenoxy) is 1. The lowest BCUT2D eigenvalue weighted by atomic mass is 10.0. The average Bonchev–Trinajstić information content (AvgIpc) is 3.52. The zero-order valence-corrected chi connectivity index (χ0v) is 21.7. The molecule has 8 heteroatoms. The number of likely N-dealkylation sites (tertiary alicyclic amines) is 1. The van der Waals surface area contributed by atoms with Gasteiger partial charge in [0.15, 0.2) is 0 Å². The zero-order valence-electron chi connectivity index (χ0n) is 19.5. The maximum absolute atomic E-state index is 13.4. The van der Waals surface area contributed by atoms with Crippen LogP contribution in [0.25, 0.3) is 22.4 Å². The third-order valence-corrected chi connectivity index (χ3v) is 7.14. The topological polar surface area (TPSA) is 87.3 Å². The number of carbonyl (C=O) groups excluding carboxylic acids is 2. The summed E-state index contributed by atoms with van der Waals surface area (Å²) in [5.41, 5.74) is 4.29. The molecule has 2 heterocycles. The molecule has 1 aliphatic heterocycles. The van der Waals surface area contributed by atoms with Crippen LogP contribution in [-0.4, -0.2) is 46.6 Å². The second kappa shape index (κ2) is 10.6. The number of aromatic nitrogens is 2. The molecule has 178 valence electrons. The smallest absolute Gasteiger partial charge is 0.407 e. The molecule has 1 saturated heterocycles. The molecule has 2 N–H and O–H groups in total. The van der Waals surface area contributed by atoms with Gasteiger partial charge in [0.05, 0.1) is 25.0 Å². The number of imidazole rings is 1. The molecule has 0 spiro atoms. The van der Waals surface area contributed by atoms with Gasteiger partial charge in [0.25, 0.3) is 0 Å². The van der Waals surface area contributed by atoms with E-state index in [0.717, 1.165) is 29.9 Å². The quantitative estimate of drug-likeness (QED) is 0.388. The van der Waals surface area contributed by atoms with Gasteiger partial charge in [0.2, 0.25) is 5.91 Å². The van der Waals surface area contributed by atoms with Gasteiger partial charge in [0, 0.05) is 15.7 Å². The zero-order chi connectivity index (χ0) is 24.2. The Morgan fingerprint density at radius 3 is 2.65 bits per heavy atom. The molecular formula is C26H29IN4O3. The number of nitrogens with zero attached hydrogens (tertiary/aromatic N) is 2. The SMILES string of the molecule is COC(=O)N[C@H](C(=O)N1CCC[C@H]1c1ncc(-c2ccc(I)c(-c3ccccc3)c2)[nH]1)C(C)C. The second-order valence-corrected chi connectivity index (χ2v) is 9.95. The monoisotopic (exact) mass is 572 g/mol. The van der Waals surface area contributed by atoms with Crippen LogP contribution in [-0.2, 0) is 9.53 Å². The molecule has 7 nitrogen and oxygen atoms in total. The largest absolute Gasteiger partial charge is 0.453 e. The molecular weight excluding hydrogens is 543 g/mol. The molecule has 1 aromatic heterocycles. The van der Waals surface area contributed by atoms with E-state index >= 15 is 0 Å². The predicted octanol–water partition coefficient (Wildman–Crippen LogP) is 5.39. The molecule has 0 saturated carbocycles. The van der Waals surface area contributed by atoms with E-state index in [1.54, 1.807) is 0 Å². The van der Waals surface area contributed by atoms with Gasteiger partial charge in [-0.2, -0.15) is 0 Å². The summed E-state index contributed by atoms with van der Waals surface area (Å²) >= 11 is 2.36. The van der Waals surface area contributed by atoms with Crippen LogP contribution in [0.15, 0.2) is 54.7 Å². The average molecular weight is 572 g/mol. The van der Waals surface area contributed by atoms with Gasteiger partial charge >= 0.3 is 6.09 Å². The molecule has 34 heavy (non-hydrogen) atoms. The van der Waals surface area contributed by atoms with Crippen molar-refractivity contribution in [3.8, 4) is 22.4 Å². The molecule has 2 aromatic carbocycles. The van der Waals surface area contributed by atoms with Crippen molar-refractivity contribution in [1.82, 2.24) is 20.2 Å². The number of nitrogens with one attached hydrogen (secondary N) is 2. The Morgan fingerprint density at radius 2 is 1.94 bits per heavy atom. The van der Waals surface area contributed by atoms with Crippen molar-refractivity contribution in [2.75, 3.05) is 13.7 Å². The van der Waals surface area contributed by atoms with Crippen LogP contribution in [0.5, 0.6) is 0 Å². The van der Waals surface area contributed by atoms with Crippen molar-refractivity contribution in [3.05, 3.63) is 64.1 Å². The van der Waals surface area contributed by atoms with Crippen molar-refractivity contribution >= 4 is 34.6 Å². The third-order valence-electron chi connectivity index (χ3n) is 6.20. The Kier molecular flexibility index (Phi) is 7.55. The predicted molar refractivity (Wildman–Crippen MR) is 140 cm³/mol. The number of benzene rings is 2. The number of alkyl carbamates (subject to hydrolysis) is 1. The van der Waals surface area contributed by atoms with Crippen LogP contribution in [0.2, 0.25) is 0 Å². The number of hydrogen-bond acceptors (Lipinski definition) is 4. The first-order chi connectivity index (χ1) is 16.4. The van der Waals surface area contributed by atoms with Gasteiger partial charge < -0.3 is 19.9 Å². The van der Waals surface area contributed by atoms with Crippen LogP contribution in [0.4, 0.5) is 4.79 Å². The van der Waals surface area contributed by atoms with E-state index in [2.05, 4.69) is 68.2 Å². The van der Waals surface area contributed by atoms with Crippen LogP contribution in [0.3, 0.4) is 0 Å². The summed E-state index contributed by atoms with van der Waals surface area (Å²) in [7, 11) is 1.30. The van der Waals surface area contributed by atoms with Crippen LogP contribution >= 0.6 is 22.6 Å². The number of methoxy groups -OCH3 is 1. The van der Waals surface area contributed by atoms with Gasteiger partial charge in [-0.15, -0.1) is 0 Å². The fourth-order valence-electron chi connectivity index (χ4n) is 4.38. The summed E-state index contributed by atoms with van der Waals surface area (Å²) in [6.45, 7) is 4.46. The fourth-order valence-corrected chi connectivity index (χ4v) is 5.02. The number of H-pyrrole nitrogens is 1. The minimum atomic E-state index is -0.646. The lowest BCUT2D eigenvalue weighted by molar-refractivity contribution is -0.135. The number of carbonyl (C=O) groups is 2. The lowest BCUT2D eigenvalue weighted by Crippen LogP contribution is -2.51. The number of rotatable bonds is 6.